The molecule has 0 aromatic rings. The zero-order valence-corrected chi connectivity index (χ0v) is 12.1. The van der Waals surface area contributed by atoms with Gasteiger partial charge in [0.2, 0.25) is 11.8 Å². The molecule has 0 spiro atoms. The van der Waals surface area contributed by atoms with E-state index in [1.807, 2.05) is 0 Å². The van der Waals surface area contributed by atoms with Gasteiger partial charge in [0, 0.05) is 17.0 Å². The number of rotatable bonds is 7. The van der Waals surface area contributed by atoms with Gasteiger partial charge in [-0.25, -0.2) is 0 Å². The molecule has 102 valence electrons. The third-order valence-electron chi connectivity index (χ3n) is 1.96. The van der Waals surface area contributed by atoms with E-state index >= 15 is 0 Å². The number of hydrogen-bond acceptors (Lipinski definition) is 3. The molecule has 2 N–H and O–H groups in total. The van der Waals surface area contributed by atoms with Crippen LogP contribution in [0.3, 0.4) is 0 Å². The quantitative estimate of drug-likeness (QED) is 0.689. The Morgan fingerprint density at radius 2 is 1.78 bits per heavy atom. The zero-order chi connectivity index (χ0) is 14.2. The van der Waals surface area contributed by atoms with Crippen molar-refractivity contribution in [1.82, 2.24) is 10.6 Å². The molecular weight excluding hydrogens is 248 g/mol. The lowest BCUT2D eigenvalue weighted by molar-refractivity contribution is -0.118. The highest BCUT2D eigenvalue weighted by atomic mass is 32.2. The topological polar surface area (TPSA) is 58.2 Å². The van der Waals surface area contributed by atoms with Gasteiger partial charge in [-0.3, -0.25) is 9.59 Å². The van der Waals surface area contributed by atoms with E-state index in [9.17, 15) is 9.59 Å². The normalized spacial score (nSPS) is 12.4. The maximum absolute atomic E-state index is 11.3. The van der Waals surface area contributed by atoms with Crippen LogP contribution in [0.15, 0.2) is 25.3 Å². The van der Waals surface area contributed by atoms with Crippen molar-refractivity contribution in [2.75, 3.05) is 12.3 Å². The molecule has 0 aromatic heterocycles. The van der Waals surface area contributed by atoms with Crippen LogP contribution in [-0.2, 0) is 9.59 Å². The molecule has 0 radical (unpaired) electrons. The predicted molar refractivity (Wildman–Crippen MR) is 77.5 cm³/mol. The number of carbonyl (C=O) groups is 2. The van der Waals surface area contributed by atoms with Crippen LogP contribution in [0.2, 0.25) is 0 Å². The summed E-state index contributed by atoms with van der Waals surface area (Å²) in [4.78, 5) is 22.4. The molecule has 0 saturated carbocycles. The fraction of sp³-hybridized carbons (Fsp3) is 0.538. The Labute approximate surface area is 113 Å². The summed E-state index contributed by atoms with van der Waals surface area (Å²) in [7, 11) is 0. The van der Waals surface area contributed by atoms with Crippen LogP contribution in [0.5, 0.6) is 0 Å². The minimum atomic E-state index is -0.242. The average Bonchev–Trinajstić information content (AvgIpc) is 2.30. The van der Waals surface area contributed by atoms with Crippen LogP contribution in [0, 0.1) is 0 Å². The lowest BCUT2D eigenvalue weighted by atomic mass is 10.3. The molecule has 0 aliphatic carbocycles. The Morgan fingerprint density at radius 3 is 2.22 bits per heavy atom. The van der Waals surface area contributed by atoms with E-state index < -0.39 is 0 Å². The fourth-order valence-corrected chi connectivity index (χ4v) is 1.96. The summed E-state index contributed by atoms with van der Waals surface area (Å²) >= 11 is 1.73. The second-order valence-corrected chi connectivity index (χ2v) is 6.63. The summed E-state index contributed by atoms with van der Waals surface area (Å²) in [5.41, 5.74) is 0. The molecule has 5 heteroatoms. The van der Waals surface area contributed by atoms with Gasteiger partial charge >= 0.3 is 0 Å². The third kappa shape index (κ3) is 8.87. The van der Waals surface area contributed by atoms with Crippen molar-refractivity contribution in [3.8, 4) is 0 Å². The first-order valence-corrected chi connectivity index (χ1v) is 6.74. The number of thioether (sulfide) groups is 1. The number of hydrogen-bond donors (Lipinski definition) is 2. The largest absolute Gasteiger partial charge is 0.350 e. The minimum absolute atomic E-state index is 0.111. The Bertz CT molecular complexity index is 321. The van der Waals surface area contributed by atoms with Crippen molar-refractivity contribution in [2.45, 2.75) is 31.6 Å². The molecule has 0 heterocycles. The van der Waals surface area contributed by atoms with Crippen molar-refractivity contribution < 1.29 is 9.59 Å². The first-order chi connectivity index (χ1) is 8.28. The summed E-state index contributed by atoms with van der Waals surface area (Å²) in [5, 5.41) is 5.47. The van der Waals surface area contributed by atoms with E-state index in [0.29, 0.717) is 6.54 Å². The third-order valence-corrected chi connectivity index (χ3v) is 3.39. The summed E-state index contributed by atoms with van der Waals surface area (Å²) in [5.74, 6) is 0.247. The van der Waals surface area contributed by atoms with Crippen LogP contribution in [0.4, 0.5) is 0 Å². The maximum atomic E-state index is 11.3. The lowest BCUT2D eigenvalue weighted by Crippen LogP contribution is -2.44. The number of amides is 2. The first-order valence-electron chi connectivity index (χ1n) is 5.75. The van der Waals surface area contributed by atoms with Gasteiger partial charge in [-0.05, 0) is 12.2 Å². The van der Waals surface area contributed by atoms with Crippen LogP contribution in [0.25, 0.3) is 0 Å². The maximum Gasteiger partial charge on any atom is 0.243 e. The smallest absolute Gasteiger partial charge is 0.243 e. The van der Waals surface area contributed by atoms with Crippen LogP contribution in [0.1, 0.15) is 20.8 Å². The van der Waals surface area contributed by atoms with E-state index in [1.54, 1.807) is 11.8 Å². The molecule has 1 unspecified atom stereocenters. The molecule has 0 aliphatic heterocycles. The molecule has 1 atom stereocenters. The second kappa shape index (κ2) is 7.97. The monoisotopic (exact) mass is 270 g/mol. The van der Waals surface area contributed by atoms with E-state index in [1.165, 1.54) is 12.2 Å². The molecular formula is C13H22N2O2S. The standard InChI is InChI=1S/C13H22N2O2S/c1-6-11(16)14-8-10(15-12(17)7-2)9-18-13(3,4)5/h6-7,10H,1-2,8-9H2,3-5H3,(H,14,16)(H,15,17). The Morgan fingerprint density at radius 1 is 1.22 bits per heavy atom. The Hall–Kier alpha value is -1.23. The predicted octanol–water partition coefficient (Wildman–Crippen LogP) is 1.49. The summed E-state index contributed by atoms with van der Waals surface area (Å²) in [6, 6.07) is -0.122. The molecule has 0 fully saturated rings. The van der Waals surface area contributed by atoms with E-state index in [2.05, 4.69) is 44.6 Å². The van der Waals surface area contributed by atoms with Crippen molar-refractivity contribution in [3.63, 3.8) is 0 Å². The van der Waals surface area contributed by atoms with Crippen molar-refractivity contribution in [2.24, 2.45) is 0 Å². The molecule has 0 aliphatic rings. The van der Waals surface area contributed by atoms with Crippen LogP contribution >= 0.6 is 11.8 Å². The fourth-order valence-electron chi connectivity index (χ4n) is 1.06. The van der Waals surface area contributed by atoms with Gasteiger partial charge in [0.05, 0.1) is 6.04 Å². The van der Waals surface area contributed by atoms with Gasteiger partial charge in [0.1, 0.15) is 0 Å². The molecule has 18 heavy (non-hydrogen) atoms. The van der Waals surface area contributed by atoms with Crippen molar-refractivity contribution in [1.29, 1.82) is 0 Å². The van der Waals surface area contributed by atoms with Crippen molar-refractivity contribution in [3.05, 3.63) is 25.3 Å². The van der Waals surface area contributed by atoms with Crippen molar-refractivity contribution >= 4 is 23.6 Å². The number of nitrogens with one attached hydrogen (secondary N) is 2. The highest BCUT2D eigenvalue weighted by Gasteiger charge is 2.17. The molecule has 4 nitrogen and oxygen atoms in total. The Balaban J connectivity index is 4.32. The average molecular weight is 270 g/mol. The summed E-state index contributed by atoms with van der Waals surface area (Å²) in [6.07, 6.45) is 2.44. The zero-order valence-electron chi connectivity index (χ0n) is 11.3. The highest BCUT2D eigenvalue weighted by molar-refractivity contribution is 8.00. The van der Waals surface area contributed by atoms with Gasteiger partial charge in [-0.2, -0.15) is 11.8 Å². The van der Waals surface area contributed by atoms with E-state index in [4.69, 9.17) is 0 Å². The molecule has 0 rings (SSSR count). The van der Waals surface area contributed by atoms with Gasteiger partial charge in [0.25, 0.3) is 0 Å². The van der Waals surface area contributed by atoms with E-state index in [-0.39, 0.29) is 22.6 Å². The lowest BCUT2D eigenvalue weighted by Gasteiger charge is -2.23. The minimum Gasteiger partial charge on any atom is -0.350 e. The molecule has 0 saturated heterocycles. The first kappa shape index (κ1) is 16.8. The van der Waals surface area contributed by atoms with Gasteiger partial charge < -0.3 is 10.6 Å². The van der Waals surface area contributed by atoms with Gasteiger partial charge in [0.15, 0.2) is 0 Å². The van der Waals surface area contributed by atoms with E-state index in [0.717, 1.165) is 5.75 Å². The van der Waals surface area contributed by atoms with Crippen LogP contribution < -0.4 is 10.6 Å². The number of carbonyl (C=O) groups excluding carboxylic acids is 2. The second-order valence-electron chi connectivity index (χ2n) is 4.78. The molecule has 0 bridgehead atoms. The molecule has 2 amide bonds. The molecule has 0 aromatic carbocycles. The summed E-state index contributed by atoms with van der Waals surface area (Å²) in [6.45, 7) is 13.5. The van der Waals surface area contributed by atoms with Crippen LogP contribution in [-0.4, -0.2) is 34.9 Å². The summed E-state index contributed by atoms with van der Waals surface area (Å²) < 4.78 is 0.111. The Kier molecular flexibility index (Phi) is 7.43. The van der Waals surface area contributed by atoms with Gasteiger partial charge in [-0.1, -0.05) is 33.9 Å². The van der Waals surface area contributed by atoms with Gasteiger partial charge in [-0.15, -0.1) is 0 Å². The SMILES string of the molecule is C=CC(=O)NCC(CSC(C)(C)C)NC(=O)C=C. The highest BCUT2D eigenvalue weighted by Crippen LogP contribution is 2.23.